The second-order valence-corrected chi connectivity index (χ2v) is 5.34. The van der Waals surface area contributed by atoms with Crippen LogP contribution in [-0.2, 0) is 0 Å². The van der Waals surface area contributed by atoms with E-state index in [1.165, 1.54) is 19.3 Å². The molecule has 0 aromatic carbocycles. The molecule has 1 heterocycles. The lowest BCUT2D eigenvalue weighted by Gasteiger charge is -2.35. The molecule has 1 aliphatic heterocycles. The molecule has 2 nitrogen and oxygen atoms in total. The molecule has 0 radical (unpaired) electrons. The van der Waals surface area contributed by atoms with E-state index in [1.807, 2.05) is 0 Å². The predicted molar refractivity (Wildman–Crippen MR) is 55.9 cm³/mol. The molecule has 0 amide bonds. The van der Waals surface area contributed by atoms with Crippen molar-refractivity contribution >= 4 is 0 Å². The summed E-state index contributed by atoms with van der Waals surface area (Å²) >= 11 is 0. The molecule has 2 fully saturated rings. The van der Waals surface area contributed by atoms with Gasteiger partial charge in [-0.15, -0.1) is 0 Å². The van der Waals surface area contributed by atoms with Crippen LogP contribution in [0.5, 0.6) is 0 Å². The summed E-state index contributed by atoms with van der Waals surface area (Å²) in [5.74, 6) is 0. The zero-order valence-corrected chi connectivity index (χ0v) is 9.30. The highest BCUT2D eigenvalue weighted by Crippen LogP contribution is 2.34. The molecule has 0 bridgehead atoms. The first-order valence-corrected chi connectivity index (χ1v) is 5.51. The summed E-state index contributed by atoms with van der Waals surface area (Å²) in [6.07, 6.45) is 4.09. The first kappa shape index (κ1) is 9.47. The van der Waals surface area contributed by atoms with Crippen molar-refractivity contribution < 1.29 is 0 Å². The van der Waals surface area contributed by atoms with E-state index >= 15 is 0 Å². The minimum absolute atomic E-state index is 0.335. The van der Waals surface area contributed by atoms with E-state index in [9.17, 15) is 0 Å². The lowest BCUT2D eigenvalue weighted by molar-refractivity contribution is 0.157. The van der Waals surface area contributed by atoms with Gasteiger partial charge in [0.25, 0.3) is 0 Å². The van der Waals surface area contributed by atoms with Crippen LogP contribution in [0.4, 0.5) is 0 Å². The van der Waals surface area contributed by atoms with Crippen LogP contribution in [0.1, 0.15) is 40.0 Å². The Hall–Kier alpha value is -0.0800. The summed E-state index contributed by atoms with van der Waals surface area (Å²) in [6, 6.07) is 2.26. The summed E-state index contributed by atoms with van der Waals surface area (Å²) in [4.78, 5) is 2.51. The maximum atomic E-state index is 3.76. The fraction of sp³-hybridized carbons (Fsp3) is 1.00. The zero-order chi connectivity index (χ0) is 9.64. The van der Waals surface area contributed by atoms with Gasteiger partial charge in [0.05, 0.1) is 0 Å². The predicted octanol–water partition coefficient (Wildman–Crippen LogP) is 1.61. The molecule has 76 valence electrons. The van der Waals surface area contributed by atoms with Crippen molar-refractivity contribution in [2.24, 2.45) is 0 Å². The van der Waals surface area contributed by atoms with E-state index in [-0.39, 0.29) is 0 Å². The quantitative estimate of drug-likeness (QED) is 0.698. The van der Waals surface area contributed by atoms with Crippen LogP contribution < -0.4 is 5.32 Å². The normalized spacial score (nSPS) is 39.7. The number of hydrogen-bond acceptors (Lipinski definition) is 2. The van der Waals surface area contributed by atoms with Gasteiger partial charge in [0.15, 0.2) is 0 Å². The van der Waals surface area contributed by atoms with Crippen molar-refractivity contribution in [1.29, 1.82) is 0 Å². The largest absolute Gasteiger partial charge is 0.309 e. The van der Waals surface area contributed by atoms with Crippen LogP contribution in [0.25, 0.3) is 0 Å². The number of hydrogen-bond donors (Lipinski definition) is 1. The first-order valence-electron chi connectivity index (χ1n) is 5.51. The van der Waals surface area contributed by atoms with E-state index in [2.05, 4.69) is 38.0 Å². The molecule has 1 saturated carbocycles. The van der Waals surface area contributed by atoms with E-state index in [1.54, 1.807) is 0 Å². The fourth-order valence-electron chi connectivity index (χ4n) is 2.41. The number of rotatable bonds is 2. The number of nitrogens with zero attached hydrogens (tertiary/aromatic N) is 1. The van der Waals surface area contributed by atoms with Crippen LogP contribution in [0.15, 0.2) is 0 Å². The SMILES string of the molecule is CC1CC(NC2CC2)C(C)(C)N1C. The smallest absolute Gasteiger partial charge is 0.0306 e. The highest BCUT2D eigenvalue weighted by Gasteiger charge is 2.44. The molecular formula is C11H22N2. The summed E-state index contributed by atoms with van der Waals surface area (Å²) in [5.41, 5.74) is 0.335. The minimum atomic E-state index is 0.335. The average Bonchev–Trinajstić information content (AvgIpc) is 2.81. The average molecular weight is 182 g/mol. The Bertz CT molecular complexity index is 194. The van der Waals surface area contributed by atoms with Crippen LogP contribution in [0.3, 0.4) is 0 Å². The summed E-state index contributed by atoms with van der Waals surface area (Å²) in [7, 11) is 2.25. The van der Waals surface area contributed by atoms with Gasteiger partial charge in [-0.2, -0.15) is 0 Å². The number of nitrogens with one attached hydrogen (secondary N) is 1. The van der Waals surface area contributed by atoms with Crippen molar-refractivity contribution in [3.8, 4) is 0 Å². The van der Waals surface area contributed by atoms with Crippen molar-refractivity contribution in [3.63, 3.8) is 0 Å². The minimum Gasteiger partial charge on any atom is -0.309 e. The third-order valence-corrected chi connectivity index (χ3v) is 4.01. The van der Waals surface area contributed by atoms with Gasteiger partial charge in [0.1, 0.15) is 0 Å². The van der Waals surface area contributed by atoms with Crippen molar-refractivity contribution in [1.82, 2.24) is 10.2 Å². The molecule has 13 heavy (non-hydrogen) atoms. The van der Waals surface area contributed by atoms with Gasteiger partial charge in [0, 0.05) is 23.7 Å². The van der Waals surface area contributed by atoms with E-state index in [4.69, 9.17) is 0 Å². The second-order valence-electron chi connectivity index (χ2n) is 5.34. The molecule has 2 atom stereocenters. The van der Waals surface area contributed by atoms with E-state index in [0.717, 1.165) is 12.1 Å². The van der Waals surface area contributed by atoms with Crippen LogP contribution in [0, 0.1) is 0 Å². The third kappa shape index (κ3) is 1.62. The topological polar surface area (TPSA) is 15.3 Å². The molecule has 1 N–H and O–H groups in total. The van der Waals surface area contributed by atoms with E-state index in [0.29, 0.717) is 11.6 Å². The van der Waals surface area contributed by atoms with Gasteiger partial charge >= 0.3 is 0 Å². The van der Waals surface area contributed by atoms with Gasteiger partial charge in [-0.05, 0) is 47.1 Å². The van der Waals surface area contributed by atoms with Gasteiger partial charge in [-0.1, -0.05) is 0 Å². The Labute approximate surface area is 81.7 Å². The van der Waals surface area contributed by atoms with Gasteiger partial charge < -0.3 is 5.32 Å². The van der Waals surface area contributed by atoms with Gasteiger partial charge in [0.2, 0.25) is 0 Å². The Morgan fingerprint density at radius 2 is 1.92 bits per heavy atom. The van der Waals surface area contributed by atoms with Gasteiger partial charge in [-0.3, -0.25) is 4.90 Å². The molecular weight excluding hydrogens is 160 g/mol. The van der Waals surface area contributed by atoms with Gasteiger partial charge in [-0.25, -0.2) is 0 Å². The molecule has 1 saturated heterocycles. The van der Waals surface area contributed by atoms with Crippen LogP contribution in [0.2, 0.25) is 0 Å². The summed E-state index contributed by atoms with van der Waals surface area (Å²) in [5, 5.41) is 3.76. The zero-order valence-electron chi connectivity index (χ0n) is 9.30. The number of likely N-dealkylation sites (tertiary alicyclic amines) is 1. The Morgan fingerprint density at radius 3 is 2.31 bits per heavy atom. The Balaban J connectivity index is 2.02. The molecule has 0 spiro atoms. The lowest BCUT2D eigenvalue weighted by atomic mass is 9.96. The second kappa shape index (κ2) is 2.96. The van der Waals surface area contributed by atoms with Crippen molar-refractivity contribution in [2.45, 2.75) is 63.7 Å². The highest BCUT2D eigenvalue weighted by molar-refractivity contribution is 5.04. The molecule has 2 aliphatic rings. The monoisotopic (exact) mass is 182 g/mol. The van der Waals surface area contributed by atoms with Crippen LogP contribution >= 0.6 is 0 Å². The van der Waals surface area contributed by atoms with Crippen LogP contribution in [-0.4, -0.2) is 35.6 Å². The Morgan fingerprint density at radius 1 is 1.31 bits per heavy atom. The highest BCUT2D eigenvalue weighted by atomic mass is 15.3. The standard InChI is InChI=1S/C11H22N2/c1-8-7-10(12-9-5-6-9)11(2,3)13(8)4/h8-10,12H,5-7H2,1-4H3. The fourth-order valence-corrected chi connectivity index (χ4v) is 2.41. The summed E-state index contributed by atoms with van der Waals surface area (Å²) in [6.45, 7) is 7.05. The molecule has 2 unspecified atom stereocenters. The van der Waals surface area contributed by atoms with Crippen molar-refractivity contribution in [3.05, 3.63) is 0 Å². The molecule has 1 aliphatic carbocycles. The van der Waals surface area contributed by atoms with Crippen molar-refractivity contribution in [2.75, 3.05) is 7.05 Å². The molecule has 0 aromatic heterocycles. The summed E-state index contributed by atoms with van der Waals surface area (Å²) < 4.78 is 0. The number of likely N-dealkylation sites (N-methyl/N-ethyl adjacent to an activating group) is 1. The molecule has 2 heteroatoms. The maximum absolute atomic E-state index is 3.76. The molecule has 0 aromatic rings. The first-order chi connectivity index (χ1) is 6.01. The van der Waals surface area contributed by atoms with E-state index < -0.39 is 0 Å². The lowest BCUT2D eigenvalue weighted by Crippen LogP contribution is -2.50. The maximum Gasteiger partial charge on any atom is 0.0306 e. The molecule has 2 rings (SSSR count). The Kier molecular flexibility index (Phi) is 2.16. The third-order valence-electron chi connectivity index (χ3n) is 4.01.